The first kappa shape index (κ1) is 9.45. The van der Waals surface area contributed by atoms with Gasteiger partial charge in [0.15, 0.2) is 0 Å². The Balaban J connectivity index is 2.15. The minimum absolute atomic E-state index is 0.130. The number of amides is 2. The molecule has 1 fully saturated rings. The van der Waals surface area contributed by atoms with Crippen LogP contribution in [0.4, 0.5) is 9.18 Å². The van der Waals surface area contributed by atoms with Gasteiger partial charge in [-0.2, -0.15) is 5.06 Å². The fraction of sp³-hybridized carbons (Fsp3) is 0.667. The van der Waals surface area contributed by atoms with Gasteiger partial charge in [0.2, 0.25) is 6.36 Å². The molecule has 0 radical (unpaired) electrons. The Labute approximate surface area is 81.9 Å². The van der Waals surface area contributed by atoms with Gasteiger partial charge in [0.25, 0.3) is 0 Å². The summed E-state index contributed by atoms with van der Waals surface area (Å²) in [6, 6.07) is -0.373. The summed E-state index contributed by atoms with van der Waals surface area (Å²) >= 11 is 0. The highest BCUT2D eigenvalue weighted by Gasteiger charge is 2.40. The van der Waals surface area contributed by atoms with Crippen molar-refractivity contribution in [2.75, 3.05) is 13.1 Å². The zero-order valence-corrected chi connectivity index (χ0v) is 8.24. The van der Waals surface area contributed by atoms with Crippen molar-refractivity contribution in [1.82, 2.24) is 9.96 Å². The van der Waals surface area contributed by atoms with E-state index >= 15 is 0 Å². The van der Waals surface area contributed by atoms with Crippen molar-refractivity contribution < 1.29 is 14.0 Å². The summed E-state index contributed by atoms with van der Waals surface area (Å²) in [5, 5.41) is 1.13. The molecule has 0 spiro atoms. The zero-order valence-electron chi connectivity index (χ0n) is 8.24. The molecule has 0 aromatic carbocycles. The van der Waals surface area contributed by atoms with Crippen LogP contribution in [0.2, 0.25) is 0 Å². The molecule has 2 bridgehead atoms. The first-order valence-corrected chi connectivity index (χ1v) is 4.64. The number of hydrogen-bond donors (Lipinski definition) is 0. The van der Waals surface area contributed by atoms with E-state index in [1.54, 1.807) is 4.90 Å². The molecule has 2 rings (SSSR count). The Morgan fingerprint density at radius 1 is 1.71 bits per heavy atom. The molecule has 5 heteroatoms. The van der Waals surface area contributed by atoms with Crippen LogP contribution in [0.3, 0.4) is 0 Å². The van der Waals surface area contributed by atoms with E-state index in [0.29, 0.717) is 13.1 Å². The summed E-state index contributed by atoms with van der Waals surface area (Å²) in [6.45, 7) is 4.44. The van der Waals surface area contributed by atoms with E-state index in [4.69, 9.17) is 4.84 Å². The molecule has 0 saturated carbocycles. The van der Waals surface area contributed by atoms with Crippen molar-refractivity contribution in [2.24, 2.45) is 0 Å². The molecular weight excluding hydrogens is 187 g/mol. The van der Waals surface area contributed by atoms with Crippen molar-refractivity contribution in [3.63, 3.8) is 0 Å². The van der Waals surface area contributed by atoms with Crippen molar-refractivity contribution >= 4 is 6.03 Å². The summed E-state index contributed by atoms with van der Waals surface area (Å²) in [5.41, 5.74) is 1.12. The van der Waals surface area contributed by atoms with Gasteiger partial charge in [-0.1, -0.05) is 11.6 Å². The monoisotopic (exact) mass is 200 g/mol. The number of fused-ring (bicyclic) bond motifs is 2. The SMILES string of the molecule is CC1=CC2CN(C1)C(=O)N2OC(C)F. The Morgan fingerprint density at radius 2 is 2.43 bits per heavy atom. The molecule has 2 amide bonds. The van der Waals surface area contributed by atoms with Gasteiger partial charge in [-0.3, -0.25) is 0 Å². The maximum Gasteiger partial charge on any atom is 0.345 e. The average Bonchev–Trinajstić information content (AvgIpc) is 2.29. The van der Waals surface area contributed by atoms with Crippen LogP contribution in [0.15, 0.2) is 11.6 Å². The topological polar surface area (TPSA) is 32.8 Å². The van der Waals surface area contributed by atoms with Gasteiger partial charge in [-0.15, -0.1) is 0 Å². The van der Waals surface area contributed by atoms with E-state index in [9.17, 15) is 9.18 Å². The Bertz CT molecular complexity index is 291. The minimum Gasteiger partial charge on any atom is -0.316 e. The number of nitrogens with zero attached hydrogens (tertiary/aromatic N) is 2. The predicted molar refractivity (Wildman–Crippen MR) is 48.0 cm³/mol. The first-order chi connectivity index (χ1) is 6.58. The molecule has 78 valence electrons. The van der Waals surface area contributed by atoms with Crippen LogP contribution in [0.1, 0.15) is 13.8 Å². The normalized spacial score (nSPS) is 28.1. The number of urea groups is 1. The van der Waals surface area contributed by atoms with Crippen LogP contribution >= 0.6 is 0 Å². The van der Waals surface area contributed by atoms with Crippen LogP contribution in [0, 0.1) is 0 Å². The summed E-state index contributed by atoms with van der Waals surface area (Å²) < 4.78 is 12.6. The number of rotatable bonds is 2. The molecule has 4 nitrogen and oxygen atoms in total. The molecule has 14 heavy (non-hydrogen) atoms. The summed E-state index contributed by atoms with van der Waals surface area (Å²) in [7, 11) is 0. The molecule has 2 atom stereocenters. The molecule has 0 N–H and O–H groups in total. The number of alkyl halides is 1. The fourth-order valence-corrected chi connectivity index (χ4v) is 1.87. The van der Waals surface area contributed by atoms with Crippen molar-refractivity contribution in [3.8, 4) is 0 Å². The minimum atomic E-state index is -1.45. The van der Waals surface area contributed by atoms with Crippen LogP contribution in [0.25, 0.3) is 0 Å². The highest BCUT2D eigenvalue weighted by molar-refractivity contribution is 5.77. The average molecular weight is 200 g/mol. The van der Waals surface area contributed by atoms with Gasteiger partial charge in [-0.25, -0.2) is 14.0 Å². The summed E-state index contributed by atoms with van der Waals surface area (Å²) in [6.07, 6.45) is 0.497. The van der Waals surface area contributed by atoms with Crippen LogP contribution < -0.4 is 0 Å². The van der Waals surface area contributed by atoms with Gasteiger partial charge in [-0.05, 0) is 13.8 Å². The molecule has 2 aliphatic heterocycles. The van der Waals surface area contributed by atoms with Crippen LogP contribution in [0.5, 0.6) is 0 Å². The Hall–Kier alpha value is -1.10. The van der Waals surface area contributed by atoms with E-state index in [0.717, 1.165) is 10.6 Å². The van der Waals surface area contributed by atoms with E-state index in [1.165, 1.54) is 6.92 Å². The maximum atomic E-state index is 12.6. The second kappa shape index (κ2) is 3.24. The number of hydroxylamine groups is 2. The third-order valence-electron chi connectivity index (χ3n) is 2.34. The maximum absolute atomic E-state index is 12.6. The number of carbonyl (C=O) groups is 1. The van der Waals surface area contributed by atoms with Crippen LogP contribution in [-0.2, 0) is 4.84 Å². The molecule has 1 saturated heterocycles. The van der Waals surface area contributed by atoms with Crippen LogP contribution in [-0.4, -0.2) is 41.5 Å². The highest BCUT2D eigenvalue weighted by atomic mass is 19.1. The zero-order chi connectivity index (χ0) is 10.3. The molecule has 2 unspecified atom stereocenters. The molecule has 0 aromatic rings. The van der Waals surface area contributed by atoms with Crippen molar-refractivity contribution in [2.45, 2.75) is 26.2 Å². The standard InChI is InChI=1S/C9H13FN2O2/c1-6-3-8-5-11(4-6)9(13)12(8)14-7(2)10/h3,7-8H,4-5H2,1-2H3. The summed E-state index contributed by atoms with van der Waals surface area (Å²) in [4.78, 5) is 18.1. The lowest BCUT2D eigenvalue weighted by atomic mass is 10.1. The Kier molecular flexibility index (Phi) is 2.19. The smallest absolute Gasteiger partial charge is 0.316 e. The van der Waals surface area contributed by atoms with E-state index in [-0.39, 0.29) is 12.1 Å². The third-order valence-corrected chi connectivity index (χ3v) is 2.34. The van der Waals surface area contributed by atoms with Crippen molar-refractivity contribution in [1.29, 1.82) is 0 Å². The number of halogens is 1. The lowest BCUT2D eigenvalue weighted by molar-refractivity contribution is -0.199. The largest absolute Gasteiger partial charge is 0.345 e. The lowest BCUT2D eigenvalue weighted by Crippen LogP contribution is -2.34. The van der Waals surface area contributed by atoms with E-state index in [1.807, 2.05) is 13.0 Å². The lowest BCUT2D eigenvalue weighted by Gasteiger charge is -2.20. The molecule has 2 aliphatic rings. The van der Waals surface area contributed by atoms with Gasteiger partial charge >= 0.3 is 6.03 Å². The van der Waals surface area contributed by atoms with Gasteiger partial charge in [0.1, 0.15) is 0 Å². The molecule has 0 aliphatic carbocycles. The van der Waals surface area contributed by atoms with E-state index in [2.05, 4.69) is 0 Å². The molecular formula is C9H13FN2O2. The Morgan fingerprint density at radius 3 is 3.07 bits per heavy atom. The fourth-order valence-electron chi connectivity index (χ4n) is 1.87. The second-order valence-corrected chi connectivity index (χ2v) is 3.72. The highest BCUT2D eigenvalue weighted by Crippen LogP contribution is 2.25. The second-order valence-electron chi connectivity index (χ2n) is 3.72. The van der Waals surface area contributed by atoms with Gasteiger partial charge in [0, 0.05) is 13.1 Å². The van der Waals surface area contributed by atoms with E-state index < -0.39 is 6.36 Å². The summed E-state index contributed by atoms with van der Waals surface area (Å²) in [5.74, 6) is 0. The third kappa shape index (κ3) is 1.48. The van der Waals surface area contributed by atoms with Gasteiger partial charge < -0.3 is 4.90 Å². The first-order valence-electron chi connectivity index (χ1n) is 4.64. The number of carbonyl (C=O) groups excluding carboxylic acids is 1. The number of hydrogen-bond acceptors (Lipinski definition) is 2. The molecule has 2 heterocycles. The quantitative estimate of drug-likeness (QED) is 0.629. The molecule has 0 aromatic heterocycles. The van der Waals surface area contributed by atoms with Crippen molar-refractivity contribution in [3.05, 3.63) is 11.6 Å². The predicted octanol–water partition coefficient (Wildman–Crippen LogP) is 1.30. The van der Waals surface area contributed by atoms with Gasteiger partial charge in [0.05, 0.1) is 6.04 Å².